The Morgan fingerprint density at radius 2 is 1.75 bits per heavy atom. The van der Waals surface area contributed by atoms with Gasteiger partial charge in [-0.3, -0.25) is 14.6 Å². The lowest BCUT2D eigenvalue weighted by molar-refractivity contribution is -0.120. The number of hydrogen-bond donors (Lipinski definition) is 4. The number of hydrogen-bond acceptors (Lipinski definition) is 5. The number of pyridine rings is 1. The quantitative estimate of drug-likeness (QED) is 0.183. The molecule has 7 N–H and O–H groups in total. The molecule has 1 aromatic heterocycles. The summed E-state index contributed by atoms with van der Waals surface area (Å²) in [5.74, 6) is -0.637. The number of nitrogens with one attached hydrogen (secondary N) is 1. The Morgan fingerprint density at radius 3 is 2.42 bits per heavy atom. The number of benzene rings is 2. The minimum atomic E-state index is -0.878. The molecule has 9 nitrogen and oxygen atoms in total. The van der Waals surface area contributed by atoms with Crippen LogP contribution in [0.15, 0.2) is 47.5 Å². The highest BCUT2D eigenvalue weighted by Gasteiger charge is 2.21. The van der Waals surface area contributed by atoms with Crippen molar-refractivity contribution in [3.05, 3.63) is 70.4 Å². The number of aliphatic imine (C=N–C) groups is 1. The summed E-state index contributed by atoms with van der Waals surface area (Å²) < 4.78 is 6.16. The number of amides is 2. The van der Waals surface area contributed by atoms with Crippen LogP contribution in [0.1, 0.15) is 45.6 Å². The molecule has 36 heavy (non-hydrogen) atoms. The second-order valence-electron chi connectivity index (χ2n) is 8.88. The summed E-state index contributed by atoms with van der Waals surface area (Å²) in [5, 5.41) is 3.47. The Balaban J connectivity index is 1.77. The van der Waals surface area contributed by atoms with Gasteiger partial charge in [0, 0.05) is 24.4 Å². The van der Waals surface area contributed by atoms with Gasteiger partial charge in [0.05, 0.1) is 12.1 Å². The Labute approximate surface area is 211 Å². The third kappa shape index (κ3) is 6.94. The number of aromatic nitrogens is 1. The van der Waals surface area contributed by atoms with E-state index in [4.69, 9.17) is 21.9 Å². The standard InChI is InChI=1S/C27H34N6O3/c1-16-13-17(2)19(18(3)14-16)10-12-36-24-15-23(32-21-8-5-4-7-20(21)24)26(35)33-22(25(28)34)9-6-11-31-27(29)30/h4-5,7-8,13-15,22H,6,9-12H2,1-3H3,(H2,28,34)(H,33,35)(H4,29,30,31)/t22-/m0/s1. The molecule has 2 amide bonds. The summed E-state index contributed by atoms with van der Waals surface area (Å²) in [4.78, 5) is 33.3. The topological polar surface area (TPSA) is 159 Å². The zero-order chi connectivity index (χ0) is 26.2. The van der Waals surface area contributed by atoms with E-state index < -0.39 is 17.9 Å². The van der Waals surface area contributed by atoms with Crippen molar-refractivity contribution in [2.75, 3.05) is 13.2 Å². The Bertz CT molecular complexity index is 1260. The van der Waals surface area contributed by atoms with Gasteiger partial charge in [-0.15, -0.1) is 0 Å². The number of rotatable bonds is 11. The van der Waals surface area contributed by atoms with Gasteiger partial charge in [-0.05, 0) is 62.4 Å². The van der Waals surface area contributed by atoms with Crippen LogP contribution in [0.2, 0.25) is 0 Å². The molecule has 0 spiro atoms. The number of primary amides is 1. The van der Waals surface area contributed by atoms with Crippen molar-refractivity contribution in [3.63, 3.8) is 0 Å². The molecule has 3 aromatic rings. The van der Waals surface area contributed by atoms with Crippen molar-refractivity contribution in [2.45, 2.75) is 46.1 Å². The van der Waals surface area contributed by atoms with Crippen LogP contribution in [0.4, 0.5) is 0 Å². The number of nitrogens with zero attached hydrogens (tertiary/aromatic N) is 2. The van der Waals surface area contributed by atoms with E-state index in [-0.39, 0.29) is 11.7 Å². The molecule has 0 aliphatic heterocycles. The molecule has 0 aliphatic carbocycles. The van der Waals surface area contributed by atoms with Gasteiger partial charge in [0.15, 0.2) is 5.96 Å². The lowest BCUT2D eigenvalue weighted by Gasteiger charge is -2.16. The van der Waals surface area contributed by atoms with Gasteiger partial charge in [-0.25, -0.2) is 4.98 Å². The van der Waals surface area contributed by atoms with Crippen molar-refractivity contribution in [3.8, 4) is 5.75 Å². The first-order valence-corrected chi connectivity index (χ1v) is 11.9. The SMILES string of the molecule is Cc1cc(C)c(CCOc2cc(C(=O)N[C@@H](CCCN=C(N)N)C(N)=O)nc3ccccc23)c(C)c1. The molecule has 0 fully saturated rings. The second kappa shape index (κ2) is 12.0. The van der Waals surface area contributed by atoms with E-state index in [1.54, 1.807) is 6.07 Å². The number of carbonyl (C=O) groups is 2. The van der Waals surface area contributed by atoms with E-state index >= 15 is 0 Å². The molecular formula is C27H34N6O3. The van der Waals surface area contributed by atoms with Gasteiger partial charge >= 0.3 is 0 Å². The molecule has 2 aromatic carbocycles. The van der Waals surface area contributed by atoms with Gasteiger partial charge < -0.3 is 27.3 Å². The highest BCUT2D eigenvalue weighted by atomic mass is 16.5. The van der Waals surface area contributed by atoms with Crippen molar-refractivity contribution >= 4 is 28.7 Å². The minimum Gasteiger partial charge on any atom is -0.492 e. The fourth-order valence-corrected chi connectivity index (χ4v) is 4.27. The molecule has 190 valence electrons. The molecule has 9 heteroatoms. The van der Waals surface area contributed by atoms with Gasteiger partial charge in [0.1, 0.15) is 17.5 Å². The van der Waals surface area contributed by atoms with Crippen molar-refractivity contribution in [2.24, 2.45) is 22.2 Å². The molecule has 0 unspecified atom stereocenters. The van der Waals surface area contributed by atoms with Gasteiger partial charge in [-0.2, -0.15) is 0 Å². The fourth-order valence-electron chi connectivity index (χ4n) is 4.27. The van der Waals surface area contributed by atoms with Crippen molar-refractivity contribution in [1.29, 1.82) is 0 Å². The first-order valence-electron chi connectivity index (χ1n) is 11.9. The van der Waals surface area contributed by atoms with Gasteiger partial charge in [-0.1, -0.05) is 29.8 Å². The van der Waals surface area contributed by atoms with E-state index in [9.17, 15) is 9.59 Å². The average Bonchev–Trinajstić information content (AvgIpc) is 2.81. The van der Waals surface area contributed by atoms with Crippen LogP contribution in [-0.2, 0) is 11.2 Å². The summed E-state index contributed by atoms with van der Waals surface area (Å²) in [6, 6.07) is 12.5. The van der Waals surface area contributed by atoms with Crippen molar-refractivity contribution in [1.82, 2.24) is 10.3 Å². The number of ether oxygens (including phenoxy) is 1. The van der Waals surface area contributed by atoms with Gasteiger partial charge in [0.2, 0.25) is 5.91 Å². The number of para-hydroxylation sites is 1. The molecule has 1 heterocycles. The number of fused-ring (bicyclic) bond motifs is 1. The lowest BCUT2D eigenvalue weighted by atomic mass is 9.98. The smallest absolute Gasteiger partial charge is 0.270 e. The molecule has 0 saturated carbocycles. The monoisotopic (exact) mass is 490 g/mol. The maximum Gasteiger partial charge on any atom is 0.270 e. The molecular weight excluding hydrogens is 456 g/mol. The number of guanidine groups is 1. The molecule has 0 saturated heterocycles. The summed E-state index contributed by atoms with van der Waals surface area (Å²) >= 11 is 0. The van der Waals surface area contributed by atoms with Crippen LogP contribution in [-0.4, -0.2) is 42.0 Å². The molecule has 0 aliphatic rings. The highest BCUT2D eigenvalue weighted by Crippen LogP contribution is 2.26. The Morgan fingerprint density at radius 1 is 1.06 bits per heavy atom. The van der Waals surface area contributed by atoms with Crippen LogP contribution in [0.5, 0.6) is 5.75 Å². The second-order valence-corrected chi connectivity index (χ2v) is 8.88. The summed E-state index contributed by atoms with van der Waals surface area (Å²) in [6.07, 6.45) is 1.50. The predicted molar refractivity (Wildman–Crippen MR) is 142 cm³/mol. The number of nitrogens with two attached hydrogens (primary N) is 3. The van der Waals surface area contributed by atoms with E-state index in [0.29, 0.717) is 37.3 Å². The van der Waals surface area contributed by atoms with Crippen molar-refractivity contribution < 1.29 is 14.3 Å². The van der Waals surface area contributed by atoms with Gasteiger partial charge in [0.25, 0.3) is 5.91 Å². The highest BCUT2D eigenvalue weighted by molar-refractivity contribution is 5.99. The maximum atomic E-state index is 13.0. The predicted octanol–water partition coefficient (Wildman–Crippen LogP) is 2.42. The largest absolute Gasteiger partial charge is 0.492 e. The van der Waals surface area contributed by atoms with E-state index in [1.165, 1.54) is 22.3 Å². The Kier molecular flexibility index (Phi) is 8.83. The van der Waals surface area contributed by atoms with Crippen LogP contribution >= 0.6 is 0 Å². The molecule has 1 atom stereocenters. The normalized spacial score (nSPS) is 11.6. The molecule has 3 rings (SSSR count). The summed E-state index contributed by atoms with van der Waals surface area (Å²) in [7, 11) is 0. The fraction of sp³-hybridized carbons (Fsp3) is 0.333. The first kappa shape index (κ1) is 26.5. The van der Waals surface area contributed by atoms with E-state index in [1.807, 2.05) is 24.3 Å². The Hall–Kier alpha value is -4.14. The lowest BCUT2D eigenvalue weighted by Crippen LogP contribution is -2.44. The van der Waals surface area contributed by atoms with E-state index in [2.05, 4.69) is 48.2 Å². The third-order valence-electron chi connectivity index (χ3n) is 5.95. The number of carbonyl (C=O) groups excluding carboxylic acids is 2. The zero-order valence-corrected chi connectivity index (χ0v) is 21.0. The minimum absolute atomic E-state index is 0.0322. The third-order valence-corrected chi connectivity index (χ3v) is 5.95. The average molecular weight is 491 g/mol. The first-order chi connectivity index (χ1) is 17.2. The van der Waals surface area contributed by atoms with Crippen LogP contribution in [0.25, 0.3) is 10.9 Å². The molecule has 0 radical (unpaired) electrons. The van der Waals surface area contributed by atoms with Crippen LogP contribution in [0.3, 0.4) is 0 Å². The molecule has 0 bridgehead atoms. The summed E-state index contributed by atoms with van der Waals surface area (Å²) in [5.41, 5.74) is 21.8. The summed E-state index contributed by atoms with van der Waals surface area (Å²) in [6.45, 7) is 7.06. The zero-order valence-electron chi connectivity index (χ0n) is 21.0. The van der Waals surface area contributed by atoms with E-state index in [0.717, 1.165) is 11.8 Å². The maximum absolute atomic E-state index is 13.0. The number of aryl methyl sites for hydroxylation is 3. The van der Waals surface area contributed by atoms with Crippen LogP contribution in [0, 0.1) is 20.8 Å². The van der Waals surface area contributed by atoms with Crippen LogP contribution < -0.4 is 27.3 Å².